The number of para-hydroxylation sites is 1. The van der Waals surface area contributed by atoms with E-state index in [1.165, 1.54) is 5.56 Å². The Morgan fingerprint density at radius 3 is 2.58 bits per heavy atom. The van der Waals surface area contributed by atoms with E-state index >= 15 is 0 Å². The van der Waals surface area contributed by atoms with E-state index < -0.39 is 0 Å². The van der Waals surface area contributed by atoms with E-state index in [9.17, 15) is 4.79 Å². The average molecular weight is 470 g/mol. The van der Waals surface area contributed by atoms with Crippen molar-refractivity contribution >= 4 is 58.1 Å². The summed E-state index contributed by atoms with van der Waals surface area (Å²) < 4.78 is 1.98. The van der Waals surface area contributed by atoms with Crippen LogP contribution >= 0.6 is 35.4 Å². The molecule has 0 saturated heterocycles. The van der Waals surface area contributed by atoms with Gasteiger partial charge in [0.2, 0.25) is 5.95 Å². The lowest BCUT2D eigenvalue weighted by atomic mass is 10.1. The van der Waals surface area contributed by atoms with E-state index in [0.29, 0.717) is 37.8 Å². The minimum atomic E-state index is -0.337. The van der Waals surface area contributed by atoms with E-state index in [4.69, 9.17) is 35.4 Å². The van der Waals surface area contributed by atoms with Crippen molar-refractivity contribution in [2.75, 3.05) is 4.90 Å². The van der Waals surface area contributed by atoms with Gasteiger partial charge in [-0.25, -0.2) is 4.98 Å². The lowest BCUT2D eigenvalue weighted by Crippen LogP contribution is -2.28. The molecule has 2 aromatic carbocycles. The molecule has 1 aliphatic rings. The van der Waals surface area contributed by atoms with E-state index in [0.717, 1.165) is 12.1 Å². The number of nitrogens with one attached hydrogen (secondary N) is 1. The average Bonchev–Trinajstić information content (AvgIpc) is 3.02. The number of aromatic amines is 1. The summed E-state index contributed by atoms with van der Waals surface area (Å²) in [6.45, 7) is 3.91. The number of nitrogens with zero attached hydrogens (tertiary/aromatic N) is 4. The highest BCUT2D eigenvalue weighted by atomic mass is 35.5. The molecule has 6 nitrogen and oxygen atoms in total. The van der Waals surface area contributed by atoms with Crippen LogP contribution < -0.4 is 10.5 Å². The first-order valence-electron chi connectivity index (χ1n) is 9.71. The number of rotatable bonds is 2. The second kappa shape index (κ2) is 7.44. The molecule has 1 N–H and O–H groups in total. The molecule has 2 aromatic heterocycles. The number of hydrogen-bond donors (Lipinski definition) is 1. The number of aryl methyl sites for hydroxylation is 1. The molecule has 0 amide bonds. The summed E-state index contributed by atoms with van der Waals surface area (Å²) in [4.78, 5) is 27.4. The number of H-pyrrole nitrogens is 1. The summed E-state index contributed by atoms with van der Waals surface area (Å²) in [5.74, 6) is 1.04. The van der Waals surface area contributed by atoms with Crippen molar-refractivity contribution in [3.05, 3.63) is 78.9 Å². The van der Waals surface area contributed by atoms with Crippen molar-refractivity contribution in [3.63, 3.8) is 0 Å². The van der Waals surface area contributed by atoms with Crippen molar-refractivity contribution in [3.8, 4) is 5.69 Å². The molecule has 4 aromatic rings. The number of halogens is 2. The first-order valence-corrected chi connectivity index (χ1v) is 10.9. The maximum absolute atomic E-state index is 13.1. The van der Waals surface area contributed by atoms with Gasteiger partial charge in [0.1, 0.15) is 15.9 Å². The van der Waals surface area contributed by atoms with Crippen LogP contribution in [0.15, 0.2) is 47.3 Å². The molecule has 5 rings (SSSR count). The number of hydrogen-bond acceptors (Lipinski definition) is 5. The predicted octanol–water partition coefficient (Wildman–Crippen LogP) is 5.54. The minimum Gasteiger partial charge on any atom is -0.309 e. The quantitative estimate of drug-likeness (QED) is 0.390. The van der Waals surface area contributed by atoms with Gasteiger partial charge < -0.3 is 4.90 Å². The molecule has 1 atom stereocenters. The van der Waals surface area contributed by atoms with Gasteiger partial charge in [-0.05, 0) is 50.1 Å². The van der Waals surface area contributed by atoms with E-state index in [1.54, 1.807) is 29.7 Å². The Hall–Kier alpha value is -2.74. The number of anilines is 2. The smallest absolute Gasteiger partial charge is 0.264 e. The molecular weight excluding hydrogens is 453 g/mol. The van der Waals surface area contributed by atoms with Gasteiger partial charge in [-0.2, -0.15) is 4.98 Å². The minimum absolute atomic E-state index is 0.157. The first kappa shape index (κ1) is 20.2. The van der Waals surface area contributed by atoms with Crippen LogP contribution in [0.5, 0.6) is 0 Å². The van der Waals surface area contributed by atoms with Gasteiger partial charge >= 0.3 is 0 Å². The number of benzene rings is 2. The molecule has 9 heteroatoms. The Balaban J connectivity index is 1.73. The second-order valence-electron chi connectivity index (χ2n) is 7.57. The van der Waals surface area contributed by atoms with Crippen molar-refractivity contribution in [2.24, 2.45) is 0 Å². The molecule has 0 spiro atoms. The fourth-order valence-corrected chi connectivity index (χ4v) is 5.10. The van der Waals surface area contributed by atoms with E-state index in [1.807, 2.05) is 23.1 Å². The molecule has 1 aliphatic heterocycles. The predicted molar refractivity (Wildman–Crippen MR) is 127 cm³/mol. The number of aromatic nitrogens is 4. The monoisotopic (exact) mass is 469 g/mol. The van der Waals surface area contributed by atoms with Crippen molar-refractivity contribution in [1.82, 2.24) is 19.5 Å². The summed E-state index contributed by atoms with van der Waals surface area (Å²) in [5, 5.41) is 1.18. The molecule has 1 unspecified atom stereocenters. The summed E-state index contributed by atoms with van der Waals surface area (Å²) in [7, 11) is 0. The molecule has 0 radical (unpaired) electrons. The van der Waals surface area contributed by atoms with Gasteiger partial charge in [-0.15, -0.1) is 0 Å². The van der Waals surface area contributed by atoms with Crippen LogP contribution in [0.3, 0.4) is 0 Å². The van der Waals surface area contributed by atoms with E-state index in [-0.39, 0.29) is 17.0 Å². The van der Waals surface area contributed by atoms with Crippen LogP contribution in [0.4, 0.5) is 11.6 Å². The maximum atomic E-state index is 13.1. The van der Waals surface area contributed by atoms with Crippen LogP contribution in [-0.4, -0.2) is 25.6 Å². The molecule has 31 heavy (non-hydrogen) atoms. The van der Waals surface area contributed by atoms with E-state index in [2.05, 4.69) is 27.9 Å². The van der Waals surface area contributed by atoms with Crippen LogP contribution in [0, 0.1) is 11.6 Å². The molecular formula is C22H17Cl2N5OS. The third kappa shape index (κ3) is 3.33. The highest BCUT2D eigenvalue weighted by Gasteiger charge is 2.29. The standard InChI is InChI=1S/C22H17Cl2N5OS/c1-11-7-13-5-3-4-6-17(13)28(11)22-26-19-18(20(30)27-22)21(31)29(12(2)25-19)16-9-14(23)8-15(24)10-16/h3-6,8-11H,7H2,1-2H3,(H,26,27,30). The molecule has 0 saturated carbocycles. The highest BCUT2D eigenvalue weighted by molar-refractivity contribution is 7.71. The van der Waals surface area contributed by atoms with Gasteiger partial charge in [0.05, 0.1) is 5.69 Å². The first-order chi connectivity index (χ1) is 14.8. The third-order valence-corrected chi connectivity index (χ3v) is 6.26. The molecule has 3 heterocycles. The highest BCUT2D eigenvalue weighted by Crippen LogP contribution is 2.36. The Bertz CT molecular complexity index is 1460. The lowest BCUT2D eigenvalue weighted by Gasteiger charge is -2.23. The fraction of sp³-hybridized carbons (Fsp3) is 0.182. The topological polar surface area (TPSA) is 66.8 Å². The van der Waals surface area contributed by atoms with Gasteiger partial charge in [-0.3, -0.25) is 14.3 Å². The van der Waals surface area contributed by atoms with Crippen LogP contribution in [0.2, 0.25) is 10.0 Å². The summed E-state index contributed by atoms with van der Waals surface area (Å²) in [5.41, 5.74) is 2.86. The van der Waals surface area contributed by atoms with Crippen molar-refractivity contribution in [2.45, 2.75) is 26.3 Å². The van der Waals surface area contributed by atoms with Gasteiger partial charge in [0.25, 0.3) is 5.56 Å². The van der Waals surface area contributed by atoms with Crippen LogP contribution in [0.1, 0.15) is 18.3 Å². The SMILES string of the molecule is Cc1nc2nc(N3c4ccccc4CC3C)[nH]c(=O)c2c(=S)n1-c1cc(Cl)cc(Cl)c1. The Morgan fingerprint density at radius 1 is 1.13 bits per heavy atom. The van der Waals surface area contributed by atoms with Crippen LogP contribution in [0.25, 0.3) is 16.7 Å². The lowest BCUT2D eigenvalue weighted by molar-refractivity contribution is 0.739. The normalized spacial score (nSPS) is 15.5. The van der Waals surface area contributed by atoms with Crippen molar-refractivity contribution in [1.29, 1.82) is 0 Å². The van der Waals surface area contributed by atoms with Gasteiger partial charge in [0, 0.05) is 21.8 Å². The molecule has 0 bridgehead atoms. The Morgan fingerprint density at radius 2 is 1.84 bits per heavy atom. The second-order valence-corrected chi connectivity index (χ2v) is 8.83. The maximum Gasteiger partial charge on any atom is 0.264 e. The number of fused-ring (bicyclic) bond motifs is 2. The fourth-order valence-electron chi connectivity index (χ4n) is 4.16. The third-order valence-electron chi connectivity index (χ3n) is 5.44. The summed E-state index contributed by atoms with van der Waals surface area (Å²) >= 11 is 18.0. The largest absolute Gasteiger partial charge is 0.309 e. The zero-order chi connectivity index (χ0) is 21.9. The zero-order valence-corrected chi connectivity index (χ0v) is 19.0. The molecule has 156 valence electrons. The Kier molecular flexibility index (Phi) is 4.84. The van der Waals surface area contributed by atoms with Crippen LogP contribution in [-0.2, 0) is 6.42 Å². The summed E-state index contributed by atoms with van der Waals surface area (Å²) in [6.07, 6.45) is 0.876. The molecule has 0 aliphatic carbocycles. The zero-order valence-electron chi connectivity index (χ0n) is 16.7. The summed E-state index contributed by atoms with van der Waals surface area (Å²) in [6, 6.07) is 13.4. The van der Waals surface area contributed by atoms with Crippen molar-refractivity contribution < 1.29 is 0 Å². The molecule has 0 fully saturated rings. The Labute approximate surface area is 193 Å². The van der Waals surface area contributed by atoms with Gasteiger partial charge in [-0.1, -0.05) is 53.6 Å². The van der Waals surface area contributed by atoms with Gasteiger partial charge in [0.15, 0.2) is 5.65 Å².